The second-order valence-electron chi connectivity index (χ2n) is 4.15. The van der Waals surface area contributed by atoms with Crippen LogP contribution in [0.1, 0.15) is 28.5 Å². The molecule has 0 spiro atoms. The van der Waals surface area contributed by atoms with E-state index in [9.17, 15) is 4.79 Å². The Hall–Kier alpha value is -2.43. The van der Waals surface area contributed by atoms with E-state index in [-0.39, 0.29) is 6.01 Å². The van der Waals surface area contributed by atoms with Crippen molar-refractivity contribution in [3.8, 4) is 6.01 Å². The third-order valence-electron chi connectivity index (χ3n) is 2.66. The van der Waals surface area contributed by atoms with Crippen LogP contribution in [0.5, 0.6) is 6.01 Å². The molecule has 0 amide bonds. The number of esters is 1. The summed E-state index contributed by atoms with van der Waals surface area (Å²) in [6, 6.07) is 9.99. The fourth-order valence-electron chi connectivity index (χ4n) is 1.65. The maximum atomic E-state index is 11.6. The van der Waals surface area contributed by atoms with Crippen molar-refractivity contribution in [3.63, 3.8) is 0 Å². The van der Waals surface area contributed by atoms with E-state index in [0.29, 0.717) is 24.5 Å². The van der Waals surface area contributed by atoms with Gasteiger partial charge in [-0.2, -0.15) is 4.98 Å². The summed E-state index contributed by atoms with van der Waals surface area (Å²) < 4.78 is 10.4. The van der Waals surface area contributed by atoms with Gasteiger partial charge in [-0.05, 0) is 19.4 Å². The van der Waals surface area contributed by atoms with Crippen LogP contribution in [0, 0.1) is 6.92 Å². The Morgan fingerprint density at radius 3 is 2.65 bits per heavy atom. The van der Waals surface area contributed by atoms with Crippen molar-refractivity contribution >= 4 is 5.97 Å². The molecule has 0 radical (unpaired) electrons. The lowest BCUT2D eigenvalue weighted by Crippen LogP contribution is -2.10. The number of ether oxygens (including phenoxy) is 2. The number of nitrogens with zero attached hydrogens (tertiary/aromatic N) is 2. The molecule has 0 aliphatic heterocycles. The zero-order chi connectivity index (χ0) is 14.4. The van der Waals surface area contributed by atoms with E-state index in [1.165, 1.54) is 6.20 Å². The van der Waals surface area contributed by atoms with Crippen molar-refractivity contribution in [1.29, 1.82) is 0 Å². The van der Waals surface area contributed by atoms with Gasteiger partial charge in [0.1, 0.15) is 6.61 Å². The normalized spacial score (nSPS) is 10.1. The Bertz CT molecular complexity index is 585. The molecule has 0 N–H and O–H groups in total. The topological polar surface area (TPSA) is 61.3 Å². The molecule has 0 saturated heterocycles. The van der Waals surface area contributed by atoms with Crippen LogP contribution >= 0.6 is 0 Å². The predicted molar refractivity (Wildman–Crippen MR) is 73.5 cm³/mol. The summed E-state index contributed by atoms with van der Waals surface area (Å²) in [5.41, 5.74) is 1.93. The Morgan fingerprint density at radius 1 is 1.25 bits per heavy atom. The molecule has 5 heteroatoms. The van der Waals surface area contributed by atoms with Crippen LogP contribution in [-0.2, 0) is 11.3 Å². The first-order valence-corrected chi connectivity index (χ1v) is 6.38. The summed E-state index contributed by atoms with van der Waals surface area (Å²) >= 11 is 0. The number of carbonyl (C=O) groups is 1. The first-order chi connectivity index (χ1) is 9.70. The van der Waals surface area contributed by atoms with Crippen LogP contribution in [0.25, 0.3) is 0 Å². The molecule has 0 fully saturated rings. The molecule has 0 aliphatic carbocycles. The standard InChI is InChI=1S/C15H16N2O3/c1-3-19-14(18)13-9-16-15(17-11(13)2)20-10-12-7-5-4-6-8-12/h4-9H,3,10H2,1-2H3. The summed E-state index contributed by atoms with van der Waals surface area (Å²) in [6.07, 6.45) is 1.43. The highest BCUT2D eigenvalue weighted by Gasteiger charge is 2.13. The number of rotatable bonds is 5. The van der Waals surface area contributed by atoms with Gasteiger partial charge in [-0.1, -0.05) is 30.3 Å². The van der Waals surface area contributed by atoms with Gasteiger partial charge in [0.05, 0.1) is 17.9 Å². The molecule has 104 valence electrons. The number of hydrogen-bond donors (Lipinski definition) is 0. The summed E-state index contributed by atoms with van der Waals surface area (Å²) in [7, 11) is 0. The summed E-state index contributed by atoms with van der Waals surface area (Å²) in [5, 5.41) is 0. The van der Waals surface area contributed by atoms with E-state index in [4.69, 9.17) is 9.47 Å². The van der Waals surface area contributed by atoms with Gasteiger partial charge in [0.25, 0.3) is 0 Å². The van der Waals surface area contributed by atoms with E-state index in [1.807, 2.05) is 30.3 Å². The molecule has 2 rings (SSSR count). The lowest BCUT2D eigenvalue weighted by Gasteiger charge is -2.07. The van der Waals surface area contributed by atoms with Gasteiger partial charge in [-0.15, -0.1) is 0 Å². The van der Waals surface area contributed by atoms with Crippen molar-refractivity contribution in [2.75, 3.05) is 6.61 Å². The monoisotopic (exact) mass is 272 g/mol. The Balaban J connectivity index is 2.04. The van der Waals surface area contributed by atoms with Crippen molar-refractivity contribution in [1.82, 2.24) is 9.97 Å². The maximum Gasteiger partial charge on any atom is 0.341 e. The van der Waals surface area contributed by atoms with Gasteiger partial charge in [0.2, 0.25) is 0 Å². The quantitative estimate of drug-likeness (QED) is 0.783. The van der Waals surface area contributed by atoms with Gasteiger partial charge in [-0.25, -0.2) is 9.78 Å². The number of carbonyl (C=O) groups excluding carboxylic acids is 1. The van der Waals surface area contributed by atoms with Crippen LogP contribution in [0.4, 0.5) is 0 Å². The van der Waals surface area contributed by atoms with Crippen molar-refractivity contribution in [3.05, 3.63) is 53.3 Å². The minimum absolute atomic E-state index is 0.249. The van der Waals surface area contributed by atoms with Gasteiger partial charge in [0.15, 0.2) is 0 Å². The molecule has 0 bridgehead atoms. The zero-order valence-corrected chi connectivity index (χ0v) is 11.5. The second-order valence-corrected chi connectivity index (χ2v) is 4.15. The van der Waals surface area contributed by atoms with Crippen LogP contribution in [-0.4, -0.2) is 22.5 Å². The van der Waals surface area contributed by atoms with Crippen molar-refractivity contribution < 1.29 is 14.3 Å². The molecular weight excluding hydrogens is 256 g/mol. The third kappa shape index (κ3) is 3.54. The van der Waals surface area contributed by atoms with Gasteiger partial charge >= 0.3 is 12.0 Å². The van der Waals surface area contributed by atoms with Gasteiger partial charge < -0.3 is 9.47 Å². The van der Waals surface area contributed by atoms with Crippen molar-refractivity contribution in [2.24, 2.45) is 0 Å². The largest absolute Gasteiger partial charge is 0.462 e. The highest BCUT2D eigenvalue weighted by atomic mass is 16.5. The van der Waals surface area contributed by atoms with Crippen LogP contribution < -0.4 is 4.74 Å². The zero-order valence-electron chi connectivity index (χ0n) is 11.5. The molecule has 1 aromatic carbocycles. The molecule has 1 aromatic heterocycles. The maximum absolute atomic E-state index is 11.6. The second kappa shape index (κ2) is 6.65. The average molecular weight is 272 g/mol. The number of aryl methyl sites for hydroxylation is 1. The van der Waals surface area contributed by atoms with Crippen LogP contribution in [0.2, 0.25) is 0 Å². The average Bonchev–Trinajstić information content (AvgIpc) is 2.46. The molecule has 0 atom stereocenters. The minimum atomic E-state index is -0.417. The fourth-order valence-corrected chi connectivity index (χ4v) is 1.65. The summed E-state index contributed by atoms with van der Waals surface area (Å²) in [5.74, 6) is -0.417. The summed E-state index contributed by atoms with van der Waals surface area (Å²) in [4.78, 5) is 19.8. The lowest BCUT2D eigenvalue weighted by atomic mass is 10.2. The first kappa shape index (κ1) is 14.0. The first-order valence-electron chi connectivity index (χ1n) is 6.38. The summed E-state index contributed by atoms with van der Waals surface area (Å²) in [6.45, 7) is 4.19. The van der Waals surface area contributed by atoms with E-state index >= 15 is 0 Å². The van der Waals surface area contributed by atoms with Crippen LogP contribution in [0.3, 0.4) is 0 Å². The minimum Gasteiger partial charge on any atom is -0.462 e. The molecule has 0 unspecified atom stereocenters. The SMILES string of the molecule is CCOC(=O)c1cnc(OCc2ccccc2)nc1C. The molecule has 2 aromatic rings. The predicted octanol–water partition coefficient (Wildman–Crippen LogP) is 2.54. The third-order valence-corrected chi connectivity index (χ3v) is 2.66. The van der Waals surface area contributed by atoms with Gasteiger partial charge in [0, 0.05) is 6.20 Å². The highest BCUT2D eigenvalue weighted by Crippen LogP contribution is 2.11. The van der Waals surface area contributed by atoms with Crippen molar-refractivity contribution in [2.45, 2.75) is 20.5 Å². The van der Waals surface area contributed by atoms with E-state index in [1.54, 1.807) is 13.8 Å². The molecule has 20 heavy (non-hydrogen) atoms. The lowest BCUT2D eigenvalue weighted by molar-refractivity contribution is 0.0524. The van der Waals surface area contributed by atoms with E-state index < -0.39 is 5.97 Å². The molecule has 0 aliphatic rings. The number of aromatic nitrogens is 2. The Labute approximate surface area is 117 Å². The highest BCUT2D eigenvalue weighted by molar-refractivity contribution is 5.90. The fraction of sp³-hybridized carbons (Fsp3) is 0.267. The van der Waals surface area contributed by atoms with Gasteiger partial charge in [-0.3, -0.25) is 0 Å². The molecular formula is C15H16N2O3. The smallest absolute Gasteiger partial charge is 0.341 e. The van der Waals surface area contributed by atoms with Crippen LogP contribution in [0.15, 0.2) is 36.5 Å². The Kier molecular flexibility index (Phi) is 4.65. The molecule has 1 heterocycles. The Morgan fingerprint density at radius 2 is 2.00 bits per heavy atom. The number of benzene rings is 1. The molecule has 5 nitrogen and oxygen atoms in total. The number of hydrogen-bond acceptors (Lipinski definition) is 5. The van der Waals surface area contributed by atoms with E-state index in [0.717, 1.165) is 5.56 Å². The molecule has 0 saturated carbocycles. The van der Waals surface area contributed by atoms with E-state index in [2.05, 4.69) is 9.97 Å².